The number of nitrogens with zero attached hydrogens (tertiary/aromatic N) is 2. The van der Waals surface area contributed by atoms with Gasteiger partial charge in [-0.3, -0.25) is 4.79 Å². The van der Waals surface area contributed by atoms with Crippen molar-refractivity contribution < 1.29 is 17.6 Å². The van der Waals surface area contributed by atoms with E-state index in [1.54, 1.807) is 26.4 Å². The first-order valence-electron chi connectivity index (χ1n) is 8.07. The number of carbonyl (C=O) groups is 1. The van der Waals surface area contributed by atoms with Crippen molar-refractivity contribution in [2.45, 2.75) is 56.9 Å². The van der Waals surface area contributed by atoms with E-state index in [0.717, 1.165) is 37.7 Å². The van der Waals surface area contributed by atoms with E-state index >= 15 is 0 Å². The van der Waals surface area contributed by atoms with Gasteiger partial charge in [-0.1, -0.05) is 19.3 Å². The first-order valence-corrected chi connectivity index (χ1v) is 9.57. The van der Waals surface area contributed by atoms with Crippen molar-refractivity contribution in [1.82, 2.24) is 9.21 Å². The van der Waals surface area contributed by atoms with E-state index in [9.17, 15) is 13.2 Å². The molecular formula is C16H26N2O4S. The fourth-order valence-corrected chi connectivity index (χ4v) is 4.88. The summed E-state index contributed by atoms with van der Waals surface area (Å²) in [4.78, 5) is 13.5. The van der Waals surface area contributed by atoms with Crippen LogP contribution >= 0.6 is 0 Å². The van der Waals surface area contributed by atoms with Crippen molar-refractivity contribution in [3.63, 3.8) is 0 Å². The van der Waals surface area contributed by atoms with Gasteiger partial charge < -0.3 is 9.32 Å². The average molecular weight is 342 g/mol. The molecule has 0 radical (unpaired) electrons. The van der Waals surface area contributed by atoms with Crippen molar-refractivity contribution in [1.29, 1.82) is 0 Å². The Morgan fingerprint density at radius 3 is 2.48 bits per heavy atom. The number of furan rings is 1. The first-order chi connectivity index (χ1) is 10.8. The number of hydrogen-bond donors (Lipinski definition) is 0. The van der Waals surface area contributed by atoms with Crippen molar-refractivity contribution in [3.05, 3.63) is 24.2 Å². The largest absolute Gasteiger partial charge is 0.472 e. The molecule has 0 aliphatic heterocycles. The van der Waals surface area contributed by atoms with Crippen LogP contribution in [0, 0.1) is 0 Å². The lowest BCUT2D eigenvalue weighted by Crippen LogP contribution is -2.49. The molecular weight excluding hydrogens is 316 g/mol. The third-order valence-corrected chi connectivity index (χ3v) is 6.64. The van der Waals surface area contributed by atoms with E-state index < -0.39 is 21.2 Å². The SMILES string of the molecule is C[C@@H](C(=O)N(C)C)S(=O)(=O)N(Cc1ccoc1)C1CCCCC1. The second-order valence-electron chi connectivity index (χ2n) is 6.39. The fourth-order valence-electron chi connectivity index (χ4n) is 3.05. The van der Waals surface area contributed by atoms with Crippen LogP contribution in [0.2, 0.25) is 0 Å². The third kappa shape index (κ3) is 4.14. The predicted octanol–water partition coefficient (Wildman–Crippen LogP) is 2.22. The lowest BCUT2D eigenvalue weighted by atomic mass is 9.95. The molecule has 0 N–H and O–H groups in total. The Labute approximate surface area is 138 Å². The van der Waals surface area contributed by atoms with E-state index in [4.69, 9.17) is 4.42 Å². The van der Waals surface area contributed by atoms with Gasteiger partial charge in [0.2, 0.25) is 15.9 Å². The maximum absolute atomic E-state index is 13.0. The van der Waals surface area contributed by atoms with Gasteiger partial charge in [0.15, 0.2) is 5.25 Å². The molecule has 1 aromatic heterocycles. The highest BCUT2D eigenvalue weighted by atomic mass is 32.2. The molecule has 2 rings (SSSR count). The van der Waals surface area contributed by atoms with E-state index in [1.165, 1.54) is 22.4 Å². The van der Waals surface area contributed by atoms with Gasteiger partial charge in [-0.05, 0) is 25.8 Å². The third-order valence-electron chi connectivity index (χ3n) is 4.46. The minimum atomic E-state index is -3.72. The van der Waals surface area contributed by atoms with Crippen molar-refractivity contribution in [2.75, 3.05) is 14.1 Å². The van der Waals surface area contributed by atoms with Crippen LogP contribution in [-0.2, 0) is 21.4 Å². The molecule has 23 heavy (non-hydrogen) atoms. The van der Waals surface area contributed by atoms with E-state index in [-0.39, 0.29) is 12.6 Å². The maximum Gasteiger partial charge on any atom is 0.241 e. The Bertz CT molecular complexity index is 604. The number of hydrogen-bond acceptors (Lipinski definition) is 4. The number of amides is 1. The molecule has 7 heteroatoms. The predicted molar refractivity (Wildman–Crippen MR) is 88.2 cm³/mol. The zero-order valence-electron chi connectivity index (χ0n) is 14.1. The molecule has 1 fully saturated rings. The molecule has 0 aromatic carbocycles. The monoisotopic (exact) mass is 342 g/mol. The molecule has 1 atom stereocenters. The summed E-state index contributed by atoms with van der Waals surface area (Å²) in [6.45, 7) is 1.73. The minimum absolute atomic E-state index is 0.0407. The molecule has 0 bridgehead atoms. The summed E-state index contributed by atoms with van der Waals surface area (Å²) in [6, 6.07) is 1.73. The van der Waals surface area contributed by atoms with Crippen LogP contribution < -0.4 is 0 Å². The van der Waals surface area contributed by atoms with Gasteiger partial charge in [0.25, 0.3) is 0 Å². The van der Waals surface area contributed by atoms with Gasteiger partial charge >= 0.3 is 0 Å². The van der Waals surface area contributed by atoms with Crippen LogP contribution in [0.4, 0.5) is 0 Å². The van der Waals surface area contributed by atoms with Crippen LogP contribution in [0.25, 0.3) is 0 Å². The van der Waals surface area contributed by atoms with Crippen LogP contribution in [0.1, 0.15) is 44.6 Å². The molecule has 1 amide bonds. The van der Waals surface area contributed by atoms with Gasteiger partial charge in [0.1, 0.15) is 0 Å². The second kappa shape index (κ2) is 7.49. The van der Waals surface area contributed by atoms with Gasteiger partial charge in [0, 0.05) is 32.2 Å². The molecule has 1 heterocycles. The molecule has 130 valence electrons. The van der Waals surface area contributed by atoms with E-state index in [2.05, 4.69) is 0 Å². The topological polar surface area (TPSA) is 70.8 Å². The Balaban J connectivity index is 2.28. The van der Waals surface area contributed by atoms with Crippen molar-refractivity contribution in [3.8, 4) is 0 Å². The van der Waals surface area contributed by atoms with Crippen molar-refractivity contribution >= 4 is 15.9 Å². The van der Waals surface area contributed by atoms with E-state index in [0.29, 0.717) is 0 Å². The average Bonchev–Trinajstić information content (AvgIpc) is 3.04. The number of carbonyl (C=O) groups excluding carboxylic acids is 1. The summed E-state index contributed by atoms with van der Waals surface area (Å²) < 4.78 is 32.7. The van der Waals surface area contributed by atoms with E-state index in [1.807, 2.05) is 0 Å². The summed E-state index contributed by atoms with van der Waals surface area (Å²) in [5, 5.41) is -1.08. The molecule has 6 nitrogen and oxygen atoms in total. The normalized spacial score (nSPS) is 18.1. The summed E-state index contributed by atoms with van der Waals surface area (Å²) in [6.07, 6.45) is 7.98. The van der Waals surface area contributed by atoms with Crippen LogP contribution in [0.15, 0.2) is 23.0 Å². The molecule has 0 unspecified atom stereocenters. The summed E-state index contributed by atoms with van der Waals surface area (Å²) in [5.41, 5.74) is 0.809. The molecule has 0 spiro atoms. The summed E-state index contributed by atoms with van der Waals surface area (Å²) in [5.74, 6) is -0.391. The standard InChI is InChI=1S/C16H26N2O4S/c1-13(16(19)17(2)3)23(20,21)18(11-14-9-10-22-12-14)15-7-5-4-6-8-15/h9-10,12-13,15H,4-8,11H2,1-3H3/t13-/m0/s1. The van der Waals surface area contributed by atoms with Crippen LogP contribution in [0.5, 0.6) is 0 Å². The molecule has 0 saturated heterocycles. The quantitative estimate of drug-likeness (QED) is 0.795. The fraction of sp³-hybridized carbons (Fsp3) is 0.688. The van der Waals surface area contributed by atoms with Crippen LogP contribution in [0.3, 0.4) is 0 Å². The Morgan fingerprint density at radius 2 is 1.96 bits per heavy atom. The van der Waals surface area contributed by atoms with Gasteiger partial charge in [0.05, 0.1) is 12.5 Å². The Morgan fingerprint density at radius 1 is 1.30 bits per heavy atom. The summed E-state index contributed by atoms with van der Waals surface area (Å²) in [7, 11) is -0.563. The van der Waals surface area contributed by atoms with Gasteiger partial charge in [-0.15, -0.1) is 0 Å². The minimum Gasteiger partial charge on any atom is -0.472 e. The Kier molecular flexibility index (Phi) is 5.86. The maximum atomic E-state index is 13.0. The number of rotatable bonds is 6. The second-order valence-corrected chi connectivity index (χ2v) is 8.59. The summed E-state index contributed by atoms with van der Waals surface area (Å²) >= 11 is 0. The highest BCUT2D eigenvalue weighted by molar-refractivity contribution is 7.90. The molecule has 1 aromatic rings. The lowest BCUT2D eigenvalue weighted by molar-refractivity contribution is -0.128. The van der Waals surface area contributed by atoms with Gasteiger partial charge in [-0.2, -0.15) is 4.31 Å². The zero-order chi connectivity index (χ0) is 17.0. The highest BCUT2D eigenvalue weighted by Crippen LogP contribution is 2.28. The molecule has 1 aliphatic rings. The highest BCUT2D eigenvalue weighted by Gasteiger charge is 2.38. The molecule has 1 aliphatic carbocycles. The van der Waals surface area contributed by atoms with Crippen molar-refractivity contribution in [2.24, 2.45) is 0 Å². The smallest absolute Gasteiger partial charge is 0.241 e. The van der Waals surface area contributed by atoms with Crippen LogP contribution in [-0.4, -0.2) is 48.9 Å². The zero-order valence-corrected chi connectivity index (χ0v) is 14.9. The molecule has 1 saturated carbocycles. The number of sulfonamides is 1. The Hall–Kier alpha value is -1.34. The first kappa shape index (κ1) is 18.0. The lowest BCUT2D eigenvalue weighted by Gasteiger charge is -2.35. The van der Waals surface area contributed by atoms with Gasteiger partial charge in [-0.25, -0.2) is 8.42 Å².